The van der Waals surface area contributed by atoms with Crippen LogP contribution in [0.25, 0.3) is 0 Å². The normalized spacial score (nSPS) is 30.5. The number of ether oxygens (including phenoxy) is 3. The zero-order valence-electron chi connectivity index (χ0n) is 12.2. The second-order valence-electron chi connectivity index (χ2n) is 5.92. The lowest BCUT2D eigenvalue weighted by Gasteiger charge is -2.39. The molecule has 5 heteroatoms. The average Bonchev–Trinajstić information content (AvgIpc) is 2.95. The topological polar surface area (TPSA) is 47.9 Å². The third kappa shape index (κ3) is 3.11. The maximum absolute atomic E-state index is 10.8. The van der Waals surface area contributed by atoms with E-state index in [-0.39, 0.29) is 11.5 Å². The molecular formula is C16H21BrO4. The molecule has 2 saturated heterocycles. The van der Waals surface area contributed by atoms with E-state index in [1.165, 1.54) is 0 Å². The molecule has 2 aliphatic heterocycles. The average molecular weight is 357 g/mol. The Kier molecular flexibility index (Phi) is 4.54. The maximum atomic E-state index is 10.8. The second-order valence-corrected chi connectivity index (χ2v) is 6.77. The van der Waals surface area contributed by atoms with Gasteiger partial charge in [0.25, 0.3) is 0 Å². The number of methoxy groups -OCH3 is 1. The van der Waals surface area contributed by atoms with Gasteiger partial charge in [-0.15, -0.1) is 0 Å². The van der Waals surface area contributed by atoms with Crippen LogP contribution in [0.4, 0.5) is 0 Å². The van der Waals surface area contributed by atoms with E-state index in [0.717, 1.165) is 41.7 Å². The largest absolute Gasteiger partial charge is 0.497 e. The number of hydrogen-bond donors (Lipinski definition) is 1. The molecule has 0 aliphatic carbocycles. The number of aliphatic hydroxyl groups excluding tert-OH is 1. The van der Waals surface area contributed by atoms with Crippen LogP contribution in [0.2, 0.25) is 0 Å². The molecule has 0 amide bonds. The first-order valence-corrected chi connectivity index (χ1v) is 8.16. The molecule has 3 rings (SSSR count). The van der Waals surface area contributed by atoms with Gasteiger partial charge in [-0.2, -0.15) is 0 Å². The Bertz CT molecular complexity index is 499. The highest BCUT2D eigenvalue weighted by Crippen LogP contribution is 2.42. The molecule has 2 heterocycles. The van der Waals surface area contributed by atoms with Crippen molar-refractivity contribution >= 4 is 15.9 Å². The lowest BCUT2D eigenvalue weighted by molar-refractivity contribution is -0.117. The molecule has 0 saturated carbocycles. The predicted molar refractivity (Wildman–Crippen MR) is 82.5 cm³/mol. The Labute approximate surface area is 133 Å². The van der Waals surface area contributed by atoms with Crippen LogP contribution in [0, 0.1) is 5.92 Å². The summed E-state index contributed by atoms with van der Waals surface area (Å²) in [5.74, 6) is 0.946. The molecule has 2 aliphatic rings. The molecular weight excluding hydrogens is 336 g/mol. The van der Waals surface area contributed by atoms with Crippen molar-refractivity contribution in [3.05, 3.63) is 28.2 Å². The van der Waals surface area contributed by atoms with Crippen LogP contribution in [0.3, 0.4) is 0 Å². The van der Waals surface area contributed by atoms with Crippen molar-refractivity contribution in [2.45, 2.75) is 31.0 Å². The Morgan fingerprint density at radius 1 is 1.43 bits per heavy atom. The van der Waals surface area contributed by atoms with Gasteiger partial charge in [-0.25, -0.2) is 0 Å². The number of rotatable bonds is 3. The van der Waals surface area contributed by atoms with Gasteiger partial charge in [0.15, 0.2) is 0 Å². The first-order valence-electron chi connectivity index (χ1n) is 7.37. The summed E-state index contributed by atoms with van der Waals surface area (Å²) in [5.41, 5.74) is 0.699. The van der Waals surface area contributed by atoms with Crippen molar-refractivity contribution in [2.24, 2.45) is 5.92 Å². The molecule has 0 bridgehead atoms. The van der Waals surface area contributed by atoms with E-state index >= 15 is 0 Å². The fourth-order valence-electron chi connectivity index (χ4n) is 3.33. The van der Waals surface area contributed by atoms with Crippen molar-refractivity contribution in [1.82, 2.24) is 0 Å². The highest BCUT2D eigenvalue weighted by Gasteiger charge is 2.43. The van der Waals surface area contributed by atoms with E-state index < -0.39 is 6.10 Å². The minimum atomic E-state index is -0.518. The quantitative estimate of drug-likeness (QED) is 0.903. The van der Waals surface area contributed by atoms with E-state index in [1.807, 2.05) is 18.2 Å². The molecule has 4 nitrogen and oxygen atoms in total. The van der Waals surface area contributed by atoms with Gasteiger partial charge in [-0.3, -0.25) is 0 Å². The monoisotopic (exact) mass is 356 g/mol. The summed E-state index contributed by atoms with van der Waals surface area (Å²) < 4.78 is 17.6. The molecule has 21 heavy (non-hydrogen) atoms. The third-order valence-electron chi connectivity index (χ3n) is 4.57. The summed E-state index contributed by atoms with van der Waals surface area (Å²) in [6, 6.07) is 5.71. The molecule has 1 aromatic carbocycles. The standard InChI is InChI=1S/C16H21BrO4/c1-19-12-2-3-14(17)13(8-12)15(18)11-4-6-21-16(9-11)5-7-20-10-16/h2-3,8,11,15,18H,4-7,9-10H2,1H3. The van der Waals surface area contributed by atoms with Crippen LogP contribution < -0.4 is 4.74 Å². The van der Waals surface area contributed by atoms with Gasteiger partial charge in [-0.05, 0) is 42.5 Å². The maximum Gasteiger partial charge on any atom is 0.119 e. The van der Waals surface area contributed by atoms with Crippen molar-refractivity contribution in [2.75, 3.05) is 26.9 Å². The van der Waals surface area contributed by atoms with Gasteiger partial charge in [0.2, 0.25) is 0 Å². The van der Waals surface area contributed by atoms with Gasteiger partial charge >= 0.3 is 0 Å². The van der Waals surface area contributed by atoms with Gasteiger partial charge < -0.3 is 19.3 Å². The summed E-state index contributed by atoms with van der Waals surface area (Å²) in [6.07, 6.45) is 2.12. The Hall–Kier alpha value is -0.620. The minimum absolute atomic E-state index is 0.184. The van der Waals surface area contributed by atoms with Crippen molar-refractivity contribution in [1.29, 1.82) is 0 Å². The van der Waals surface area contributed by atoms with Gasteiger partial charge in [0, 0.05) is 24.1 Å². The Morgan fingerprint density at radius 3 is 3.00 bits per heavy atom. The van der Waals surface area contributed by atoms with Crippen LogP contribution >= 0.6 is 15.9 Å². The van der Waals surface area contributed by atoms with Gasteiger partial charge in [-0.1, -0.05) is 15.9 Å². The lowest BCUT2D eigenvalue weighted by Crippen LogP contribution is -2.41. The summed E-state index contributed by atoms with van der Waals surface area (Å²) in [6.45, 7) is 2.09. The van der Waals surface area contributed by atoms with E-state index in [1.54, 1.807) is 7.11 Å². The second kappa shape index (κ2) is 6.24. The van der Waals surface area contributed by atoms with E-state index in [0.29, 0.717) is 13.2 Å². The summed E-state index contributed by atoms with van der Waals surface area (Å²) >= 11 is 3.53. The molecule has 1 aromatic rings. The molecule has 116 valence electrons. The van der Waals surface area contributed by atoms with Crippen molar-refractivity contribution < 1.29 is 19.3 Å². The number of halogens is 1. The highest BCUT2D eigenvalue weighted by molar-refractivity contribution is 9.10. The summed E-state index contributed by atoms with van der Waals surface area (Å²) in [7, 11) is 1.64. The summed E-state index contributed by atoms with van der Waals surface area (Å²) in [5, 5.41) is 10.8. The SMILES string of the molecule is COc1ccc(Br)c(C(O)C2CCOC3(CCOC3)C2)c1. The minimum Gasteiger partial charge on any atom is -0.497 e. The lowest BCUT2D eigenvalue weighted by atomic mass is 9.80. The first kappa shape index (κ1) is 15.3. The smallest absolute Gasteiger partial charge is 0.119 e. The molecule has 0 radical (unpaired) electrons. The zero-order chi connectivity index (χ0) is 14.9. The predicted octanol–water partition coefficient (Wildman–Crippen LogP) is 3.08. The van der Waals surface area contributed by atoms with Crippen molar-refractivity contribution in [3.8, 4) is 5.75 Å². The Balaban J connectivity index is 1.79. The van der Waals surface area contributed by atoms with Gasteiger partial charge in [0.05, 0.1) is 25.4 Å². The molecule has 1 N–H and O–H groups in total. The van der Waals surface area contributed by atoms with E-state index in [2.05, 4.69) is 15.9 Å². The molecule has 0 aromatic heterocycles. The third-order valence-corrected chi connectivity index (χ3v) is 5.29. The van der Waals surface area contributed by atoms with Crippen LogP contribution in [-0.4, -0.2) is 37.6 Å². The van der Waals surface area contributed by atoms with Gasteiger partial charge in [0.1, 0.15) is 5.75 Å². The van der Waals surface area contributed by atoms with E-state index in [4.69, 9.17) is 14.2 Å². The fourth-order valence-corrected chi connectivity index (χ4v) is 3.81. The molecule has 3 unspecified atom stereocenters. The first-order chi connectivity index (χ1) is 10.1. The number of hydrogen-bond acceptors (Lipinski definition) is 4. The number of benzene rings is 1. The summed E-state index contributed by atoms with van der Waals surface area (Å²) in [4.78, 5) is 0. The van der Waals surface area contributed by atoms with Crippen LogP contribution in [0.1, 0.15) is 30.9 Å². The van der Waals surface area contributed by atoms with Crippen molar-refractivity contribution in [3.63, 3.8) is 0 Å². The molecule has 3 atom stereocenters. The fraction of sp³-hybridized carbons (Fsp3) is 0.625. The van der Waals surface area contributed by atoms with Crippen LogP contribution in [0.5, 0.6) is 5.75 Å². The number of aliphatic hydroxyl groups is 1. The molecule has 1 spiro atoms. The van der Waals surface area contributed by atoms with Crippen LogP contribution in [-0.2, 0) is 9.47 Å². The zero-order valence-corrected chi connectivity index (χ0v) is 13.8. The highest BCUT2D eigenvalue weighted by atomic mass is 79.9. The van der Waals surface area contributed by atoms with E-state index in [9.17, 15) is 5.11 Å². The van der Waals surface area contributed by atoms with Crippen LogP contribution in [0.15, 0.2) is 22.7 Å². The molecule has 2 fully saturated rings. The Morgan fingerprint density at radius 2 is 2.29 bits per heavy atom.